The number of carbonyl (C=O) groups excluding carboxylic acids is 2. The largest absolute Gasteiger partial charge is 0.312 e. The molecule has 0 radical (unpaired) electrons. The normalized spacial score (nSPS) is 13.3. The number of aromatic nitrogens is 1. The van der Waals surface area contributed by atoms with Crippen molar-refractivity contribution in [3.63, 3.8) is 0 Å². The molecule has 4 rings (SSSR count). The predicted octanol–water partition coefficient (Wildman–Crippen LogP) is 5.33. The van der Waals surface area contributed by atoms with E-state index in [1.54, 1.807) is 11.9 Å². The number of rotatable bonds is 4. The topological polar surface area (TPSA) is 53.5 Å². The molecule has 1 aliphatic rings. The molecule has 0 fully saturated rings. The molecule has 1 aliphatic heterocycles. The summed E-state index contributed by atoms with van der Waals surface area (Å²) in [4.78, 5) is 33.7. The number of anilines is 2. The molecule has 6 heteroatoms. The first-order valence-electron chi connectivity index (χ1n) is 10.6. The summed E-state index contributed by atoms with van der Waals surface area (Å²) in [5.74, 6) is 0.0846. The van der Waals surface area contributed by atoms with Crippen LogP contribution < -0.4 is 9.80 Å². The van der Waals surface area contributed by atoms with Crippen molar-refractivity contribution in [2.75, 3.05) is 23.4 Å². The molecule has 31 heavy (non-hydrogen) atoms. The molecule has 5 nitrogen and oxygen atoms in total. The first-order valence-corrected chi connectivity index (χ1v) is 11.5. The van der Waals surface area contributed by atoms with Gasteiger partial charge in [0.15, 0.2) is 5.13 Å². The first-order chi connectivity index (χ1) is 14.9. The number of carbonyl (C=O) groups is 2. The standard InChI is InChI=1S/C25H27N3O2S/c1-16(2)23(29)28-13-7-9-19-14-18(11-12-22(19)28)21-15-31-25(26-21)27(4)24(30)20-10-6-5-8-17(20)3/h5-6,8,10-12,14-16H,7,9,13H2,1-4H3. The zero-order chi connectivity index (χ0) is 22.1. The van der Waals surface area contributed by atoms with E-state index < -0.39 is 0 Å². The van der Waals surface area contributed by atoms with Gasteiger partial charge in [0.05, 0.1) is 5.69 Å². The molecular formula is C25H27N3O2S. The van der Waals surface area contributed by atoms with Gasteiger partial charge in [-0.2, -0.15) is 0 Å². The molecule has 0 N–H and O–H groups in total. The Balaban J connectivity index is 1.59. The molecule has 2 heterocycles. The van der Waals surface area contributed by atoms with Crippen LogP contribution in [0.4, 0.5) is 10.8 Å². The lowest BCUT2D eigenvalue weighted by Gasteiger charge is -2.31. The number of amides is 2. The van der Waals surface area contributed by atoms with Crippen LogP contribution in [-0.4, -0.2) is 30.4 Å². The summed E-state index contributed by atoms with van der Waals surface area (Å²) in [6.45, 7) is 6.60. The molecule has 0 aliphatic carbocycles. The summed E-state index contributed by atoms with van der Waals surface area (Å²) < 4.78 is 0. The number of benzene rings is 2. The molecular weight excluding hydrogens is 406 g/mol. The summed E-state index contributed by atoms with van der Waals surface area (Å²) in [7, 11) is 1.76. The highest BCUT2D eigenvalue weighted by Crippen LogP contribution is 2.34. The summed E-state index contributed by atoms with van der Waals surface area (Å²) >= 11 is 1.46. The molecule has 1 aromatic heterocycles. The molecule has 0 saturated carbocycles. The van der Waals surface area contributed by atoms with Gasteiger partial charge in [-0.05, 0) is 49.1 Å². The summed E-state index contributed by atoms with van der Waals surface area (Å²) in [6.07, 6.45) is 1.92. The maximum Gasteiger partial charge on any atom is 0.260 e. The van der Waals surface area contributed by atoms with E-state index in [1.165, 1.54) is 16.9 Å². The monoisotopic (exact) mass is 433 g/mol. The SMILES string of the molecule is Cc1ccccc1C(=O)N(C)c1nc(-c2ccc3c(c2)CCCN3C(=O)C(C)C)cs1. The van der Waals surface area contributed by atoms with Crippen LogP contribution in [-0.2, 0) is 11.2 Å². The van der Waals surface area contributed by atoms with Crippen molar-refractivity contribution in [2.24, 2.45) is 5.92 Å². The number of hydrogen-bond acceptors (Lipinski definition) is 4. The van der Waals surface area contributed by atoms with E-state index in [9.17, 15) is 9.59 Å². The fraction of sp³-hybridized carbons (Fsp3) is 0.320. The third-order valence-electron chi connectivity index (χ3n) is 5.71. The molecule has 0 saturated heterocycles. The van der Waals surface area contributed by atoms with Crippen LogP contribution in [0.15, 0.2) is 47.8 Å². The van der Waals surface area contributed by atoms with Crippen LogP contribution in [0.2, 0.25) is 0 Å². The minimum atomic E-state index is -0.0627. The van der Waals surface area contributed by atoms with Gasteiger partial charge < -0.3 is 4.90 Å². The second kappa shape index (κ2) is 8.63. The smallest absolute Gasteiger partial charge is 0.260 e. The second-order valence-electron chi connectivity index (χ2n) is 8.29. The Bertz CT molecular complexity index is 1140. The molecule has 0 spiro atoms. The Morgan fingerprint density at radius 3 is 2.68 bits per heavy atom. The van der Waals surface area contributed by atoms with Crippen LogP contribution in [0, 0.1) is 12.8 Å². The number of fused-ring (bicyclic) bond motifs is 1. The number of thiazole rings is 1. The Morgan fingerprint density at radius 1 is 1.16 bits per heavy atom. The molecule has 160 valence electrons. The van der Waals surface area contributed by atoms with Crippen molar-refractivity contribution >= 4 is 34.0 Å². The van der Waals surface area contributed by atoms with Crippen LogP contribution in [0.3, 0.4) is 0 Å². The molecule has 0 atom stereocenters. The second-order valence-corrected chi connectivity index (χ2v) is 9.12. The van der Waals surface area contributed by atoms with Crippen molar-refractivity contribution < 1.29 is 9.59 Å². The highest BCUT2D eigenvalue weighted by molar-refractivity contribution is 7.14. The van der Waals surface area contributed by atoms with Crippen molar-refractivity contribution in [1.82, 2.24) is 4.98 Å². The van der Waals surface area contributed by atoms with Gasteiger partial charge >= 0.3 is 0 Å². The average molecular weight is 434 g/mol. The van der Waals surface area contributed by atoms with Gasteiger partial charge in [0, 0.05) is 41.7 Å². The third kappa shape index (κ3) is 4.12. The van der Waals surface area contributed by atoms with Crippen molar-refractivity contribution in [3.05, 3.63) is 64.5 Å². The Labute approximate surface area is 187 Å². The minimum Gasteiger partial charge on any atom is -0.312 e. The summed E-state index contributed by atoms with van der Waals surface area (Å²) in [5.41, 5.74) is 5.68. The Hall–Kier alpha value is -2.99. The minimum absolute atomic E-state index is 0.0203. The van der Waals surface area contributed by atoms with Gasteiger partial charge in [-0.1, -0.05) is 38.1 Å². The van der Waals surface area contributed by atoms with E-state index in [1.807, 2.05) is 67.4 Å². The summed E-state index contributed by atoms with van der Waals surface area (Å²) in [6, 6.07) is 13.8. The van der Waals surface area contributed by atoms with E-state index in [0.717, 1.165) is 41.9 Å². The Morgan fingerprint density at radius 2 is 1.94 bits per heavy atom. The molecule has 2 aromatic carbocycles. The van der Waals surface area contributed by atoms with E-state index in [0.29, 0.717) is 10.7 Å². The summed E-state index contributed by atoms with van der Waals surface area (Å²) in [5, 5.41) is 2.65. The lowest BCUT2D eigenvalue weighted by atomic mass is 9.97. The molecule has 3 aromatic rings. The van der Waals surface area contributed by atoms with E-state index in [-0.39, 0.29) is 17.7 Å². The fourth-order valence-electron chi connectivity index (χ4n) is 3.93. The predicted molar refractivity (Wildman–Crippen MR) is 127 cm³/mol. The van der Waals surface area contributed by atoms with Crippen LogP contribution in [0.25, 0.3) is 11.3 Å². The lowest BCUT2D eigenvalue weighted by molar-refractivity contribution is -0.121. The molecule has 2 amide bonds. The van der Waals surface area contributed by atoms with Crippen LogP contribution in [0.5, 0.6) is 0 Å². The van der Waals surface area contributed by atoms with Crippen molar-refractivity contribution in [3.8, 4) is 11.3 Å². The lowest BCUT2D eigenvalue weighted by Crippen LogP contribution is -2.38. The molecule has 0 unspecified atom stereocenters. The van der Waals surface area contributed by atoms with Gasteiger partial charge in [-0.15, -0.1) is 11.3 Å². The van der Waals surface area contributed by atoms with E-state index in [4.69, 9.17) is 4.98 Å². The maximum atomic E-state index is 12.9. The number of nitrogens with zero attached hydrogens (tertiary/aromatic N) is 3. The van der Waals surface area contributed by atoms with Gasteiger partial charge in [0.2, 0.25) is 5.91 Å². The van der Waals surface area contributed by atoms with Gasteiger partial charge in [-0.25, -0.2) is 4.98 Å². The quantitative estimate of drug-likeness (QED) is 0.559. The van der Waals surface area contributed by atoms with Gasteiger partial charge in [0.1, 0.15) is 0 Å². The number of aryl methyl sites for hydroxylation is 2. The van der Waals surface area contributed by atoms with Crippen LogP contribution >= 0.6 is 11.3 Å². The van der Waals surface area contributed by atoms with Crippen molar-refractivity contribution in [1.29, 1.82) is 0 Å². The zero-order valence-corrected chi connectivity index (χ0v) is 19.2. The molecule has 0 bridgehead atoms. The van der Waals surface area contributed by atoms with E-state index >= 15 is 0 Å². The zero-order valence-electron chi connectivity index (χ0n) is 18.4. The average Bonchev–Trinajstić information content (AvgIpc) is 3.27. The van der Waals surface area contributed by atoms with Crippen LogP contribution in [0.1, 0.15) is 41.8 Å². The first kappa shape index (κ1) is 21.2. The van der Waals surface area contributed by atoms with Gasteiger partial charge in [-0.3, -0.25) is 14.5 Å². The highest BCUT2D eigenvalue weighted by atomic mass is 32.1. The van der Waals surface area contributed by atoms with E-state index in [2.05, 4.69) is 6.07 Å². The van der Waals surface area contributed by atoms with Gasteiger partial charge in [0.25, 0.3) is 5.91 Å². The Kier molecular flexibility index (Phi) is 5.92. The van der Waals surface area contributed by atoms with Crippen molar-refractivity contribution in [2.45, 2.75) is 33.6 Å². The highest BCUT2D eigenvalue weighted by Gasteiger charge is 2.25. The fourth-order valence-corrected chi connectivity index (χ4v) is 4.73. The third-order valence-corrected chi connectivity index (χ3v) is 6.63. The number of hydrogen-bond donors (Lipinski definition) is 0. The maximum absolute atomic E-state index is 12.9.